The van der Waals surface area contributed by atoms with Gasteiger partial charge in [-0.1, -0.05) is 23.8 Å². The fourth-order valence-electron chi connectivity index (χ4n) is 3.93. The standard InChI is InChI=1S/C28H22F3N3O2.ClH/c1-17-3-4-20(18(2)13-17)16-34-26(14-25(28(29,30)31)24(15-32)27(34)35)19-5-9-22(10-6-19)36-23-11-7-21(33)8-12-23;/h3-14H,16,33H2,1-2H3;1H. The summed E-state index contributed by atoms with van der Waals surface area (Å²) < 4.78 is 48.3. The average molecular weight is 526 g/mol. The summed E-state index contributed by atoms with van der Waals surface area (Å²) in [4.78, 5) is 13.2. The second-order valence-corrected chi connectivity index (χ2v) is 8.44. The van der Waals surface area contributed by atoms with E-state index in [1.54, 1.807) is 48.5 Å². The van der Waals surface area contributed by atoms with Crippen molar-refractivity contribution in [2.75, 3.05) is 5.73 Å². The van der Waals surface area contributed by atoms with Crippen LogP contribution in [0.4, 0.5) is 18.9 Å². The molecule has 9 heteroatoms. The Kier molecular flexibility index (Phi) is 7.99. The monoisotopic (exact) mass is 525 g/mol. The third-order valence-corrected chi connectivity index (χ3v) is 5.81. The van der Waals surface area contributed by atoms with Crippen LogP contribution in [-0.4, -0.2) is 4.57 Å². The minimum Gasteiger partial charge on any atom is -0.457 e. The Labute approximate surface area is 218 Å². The van der Waals surface area contributed by atoms with E-state index in [2.05, 4.69) is 0 Å². The maximum Gasteiger partial charge on any atom is 0.417 e. The number of nitrogens with two attached hydrogens (primary N) is 1. The Bertz CT molecular complexity index is 1520. The first-order valence-corrected chi connectivity index (χ1v) is 11.0. The van der Waals surface area contributed by atoms with Crippen LogP contribution in [-0.2, 0) is 12.7 Å². The summed E-state index contributed by atoms with van der Waals surface area (Å²) in [6.45, 7) is 3.80. The number of benzene rings is 3. The second-order valence-electron chi connectivity index (χ2n) is 8.44. The first-order valence-electron chi connectivity index (χ1n) is 11.0. The van der Waals surface area contributed by atoms with Gasteiger partial charge in [0.15, 0.2) is 0 Å². The summed E-state index contributed by atoms with van der Waals surface area (Å²) in [5.74, 6) is 0.998. The molecule has 0 amide bonds. The maximum absolute atomic E-state index is 13.8. The Balaban J connectivity index is 0.00000380. The topological polar surface area (TPSA) is 81.0 Å². The molecule has 0 bridgehead atoms. The Morgan fingerprint density at radius 2 is 1.54 bits per heavy atom. The molecular weight excluding hydrogens is 503 g/mol. The molecule has 0 spiro atoms. The number of hydrogen-bond acceptors (Lipinski definition) is 4. The van der Waals surface area contributed by atoms with Crippen molar-refractivity contribution in [3.05, 3.63) is 111 Å². The summed E-state index contributed by atoms with van der Waals surface area (Å²) >= 11 is 0. The molecule has 0 fully saturated rings. The molecule has 5 nitrogen and oxygen atoms in total. The lowest BCUT2D eigenvalue weighted by Crippen LogP contribution is -2.29. The molecule has 0 saturated heterocycles. The SMILES string of the molecule is Cc1ccc(Cn2c(-c3ccc(Oc4ccc(N)cc4)cc3)cc(C(F)(F)F)c(C#N)c2=O)c(C)c1.Cl. The fourth-order valence-corrected chi connectivity index (χ4v) is 3.93. The van der Waals surface area contributed by atoms with Gasteiger partial charge in [-0.15, -0.1) is 12.4 Å². The van der Waals surface area contributed by atoms with Gasteiger partial charge in [-0.05, 0) is 85.1 Å². The van der Waals surface area contributed by atoms with E-state index in [9.17, 15) is 23.2 Å². The number of hydrogen-bond donors (Lipinski definition) is 1. The number of alkyl halides is 3. The lowest BCUT2D eigenvalue weighted by molar-refractivity contribution is -0.137. The van der Waals surface area contributed by atoms with E-state index in [1.807, 2.05) is 32.0 Å². The Hall–Kier alpha value is -4.22. The highest BCUT2D eigenvalue weighted by molar-refractivity contribution is 5.85. The molecule has 0 aliphatic rings. The summed E-state index contributed by atoms with van der Waals surface area (Å²) in [6.07, 6.45) is -4.87. The third-order valence-electron chi connectivity index (χ3n) is 5.81. The summed E-state index contributed by atoms with van der Waals surface area (Å²) in [5, 5.41) is 9.41. The van der Waals surface area contributed by atoms with Gasteiger partial charge in [0.25, 0.3) is 5.56 Å². The van der Waals surface area contributed by atoms with Crippen LogP contribution >= 0.6 is 12.4 Å². The molecule has 0 atom stereocenters. The lowest BCUT2D eigenvalue weighted by atomic mass is 10.0. The van der Waals surface area contributed by atoms with Crippen LogP contribution in [0.5, 0.6) is 11.5 Å². The molecule has 0 aliphatic carbocycles. The van der Waals surface area contributed by atoms with Gasteiger partial charge in [-0.2, -0.15) is 18.4 Å². The van der Waals surface area contributed by atoms with Crippen LogP contribution in [0, 0.1) is 25.2 Å². The number of anilines is 1. The highest BCUT2D eigenvalue weighted by Gasteiger charge is 2.36. The number of nitrogens with zero attached hydrogens (tertiary/aromatic N) is 2. The molecule has 3 aromatic carbocycles. The zero-order chi connectivity index (χ0) is 26.0. The van der Waals surface area contributed by atoms with Crippen molar-refractivity contribution in [1.29, 1.82) is 5.26 Å². The van der Waals surface area contributed by atoms with Gasteiger partial charge in [0.05, 0.1) is 17.8 Å². The number of pyridine rings is 1. The second kappa shape index (κ2) is 10.8. The number of halogens is 4. The van der Waals surface area contributed by atoms with Crippen molar-refractivity contribution in [3.63, 3.8) is 0 Å². The summed E-state index contributed by atoms with van der Waals surface area (Å²) in [7, 11) is 0. The molecule has 0 radical (unpaired) electrons. The fraction of sp³-hybridized carbons (Fsp3) is 0.143. The number of nitriles is 1. The van der Waals surface area contributed by atoms with Crippen LogP contribution in [0.2, 0.25) is 0 Å². The van der Waals surface area contributed by atoms with Crippen LogP contribution in [0.25, 0.3) is 11.3 Å². The normalized spacial score (nSPS) is 10.9. The third kappa shape index (κ3) is 5.96. The average Bonchev–Trinajstić information content (AvgIpc) is 2.83. The van der Waals surface area contributed by atoms with E-state index in [-0.39, 0.29) is 24.6 Å². The molecule has 0 saturated carbocycles. The van der Waals surface area contributed by atoms with Crippen LogP contribution in [0.3, 0.4) is 0 Å². The van der Waals surface area contributed by atoms with Crippen molar-refractivity contribution in [2.24, 2.45) is 0 Å². The zero-order valence-electron chi connectivity index (χ0n) is 20.0. The first kappa shape index (κ1) is 27.4. The number of aryl methyl sites for hydroxylation is 2. The first-order chi connectivity index (χ1) is 17.1. The van der Waals surface area contributed by atoms with E-state index < -0.39 is 22.9 Å². The predicted molar refractivity (Wildman–Crippen MR) is 139 cm³/mol. The van der Waals surface area contributed by atoms with Gasteiger partial charge in [0, 0.05) is 5.69 Å². The molecule has 2 N–H and O–H groups in total. The molecule has 37 heavy (non-hydrogen) atoms. The van der Waals surface area contributed by atoms with Gasteiger partial charge >= 0.3 is 6.18 Å². The zero-order valence-corrected chi connectivity index (χ0v) is 20.8. The van der Waals surface area contributed by atoms with E-state index in [4.69, 9.17) is 10.5 Å². The number of nitrogen functional groups attached to an aromatic ring is 1. The largest absolute Gasteiger partial charge is 0.457 e. The molecule has 1 heterocycles. The molecule has 0 aliphatic heterocycles. The van der Waals surface area contributed by atoms with Gasteiger partial charge in [-0.3, -0.25) is 4.79 Å². The predicted octanol–water partition coefficient (Wildman–Crippen LogP) is 6.87. The number of aromatic nitrogens is 1. The van der Waals surface area contributed by atoms with E-state index >= 15 is 0 Å². The van der Waals surface area contributed by atoms with E-state index in [1.165, 1.54) is 10.6 Å². The molecule has 0 unspecified atom stereocenters. The van der Waals surface area contributed by atoms with Crippen LogP contribution in [0.15, 0.2) is 77.6 Å². The minimum absolute atomic E-state index is 0. The highest BCUT2D eigenvalue weighted by Crippen LogP contribution is 2.34. The molecular formula is C28H23ClF3N3O2. The number of rotatable bonds is 5. The van der Waals surface area contributed by atoms with Crippen molar-refractivity contribution in [1.82, 2.24) is 4.57 Å². The van der Waals surface area contributed by atoms with Crippen LogP contribution < -0.4 is 16.0 Å². The van der Waals surface area contributed by atoms with Crippen molar-refractivity contribution in [2.45, 2.75) is 26.6 Å². The quantitative estimate of drug-likeness (QED) is 0.288. The van der Waals surface area contributed by atoms with Gasteiger partial charge in [0.1, 0.15) is 23.1 Å². The summed E-state index contributed by atoms with van der Waals surface area (Å²) in [5.41, 5.74) is 6.16. The molecule has 4 aromatic rings. The van der Waals surface area contributed by atoms with Gasteiger partial charge in [0.2, 0.25) is 0 Å². The Morgan fingerprint density at radius 1 is 0.946 bits per heavy atom. The summed E-state index contributed by atoms with van der Waals surface area (Å²) in [6, 6.07) is 21.1. The molecule has 190 valence electrons. The maximum atomic E-state index is 13.8. The van der Waals surface area contributed by atoms with Gasteiger partial charge in [-0.25, -0.2) is 0 Å². The van der Waals surface area contributed by atoms with Crippen LogP contribution in [0.1, 0.15) is 27.8 Å². The Morgan fingerprint density at radius 3 is 2.08 bits per heavy atom. The lowest BCUT2D eigenvalue weighted by Gasteiger charge is -2.19. The van der Waals surface area contributed by atoms with E-state index in [0.717, 1.165) is 22.8 Å². The van der Waals surface area contributed by atoms with Crippen molar-refractivity contribution in [3.8, 4) is 28.8 Å². The van der Waals surface area contributed by atoms with Crippen molar-refractivity contribution >= 4 is 18.1 Å². The minimum atomic E-state index is -4.87. The van der Waals surface area contributed by atoms with Crippen molar-refractivity contribution < 1.29 is 17.9 Å². The highest BCUT2D eigenvalue weighted by atomic mass is 35.5. The number of ether oxygens (including phenoxy) is 1. The van der Waals surface area contributed by atoms with Gasteiger partial charge < -0.3 is 15.0 Å². The molecule has 1 aromatic heterocycles. The van der Waals surface area contributed by atoms with E-state index in [0.29, 0.717) is 22.7 Å². The molecule has 4 rings (SSSR count). The smallest absolute Gasteiger partial charge is 0.417 e.